The van der Waals surface area contributed by atoms with Gasteiger partial charge in [0.05, 0.1) is 6.26 Å². The van der Waals surface area contributed by atoms with Crippen molar-refractivity contribution in [3.05, 3.63) is 28.2 Å². The van der Waals surface area contributed by atoms with Crippen molar-refractivity contribution in [3.63, 3.8) is 0 Å². The molecule has 1 aromatic rings. The van der Waals surface area contributed by atoms with Crippen LogP contribution in [0.2, 0.25) is 0 Å². The predicted octanol–water partition coefficient (Wildman–Crippen LogP) is 2.72. The maximum Gasteiger partial charge on any atom is 0.306 e. The molecule has 0 aliphatic rings. The van der Waals surface area contributed by atoms with E-state index in [1.807, 2.05) is 0 Å². The third-order valence-electron chi connectivity index (χ3n) is 1.63. The molecule has 0 unspecified atom stereocenters. The molecule has 0 heterocycles. The van der Waals surface area contributed by atoms with Crippen molar-refractivity contribution in [2.45, 2.75) is 6.42 Å². The number of aryl methyl sites for hydroxylation is 1. The molecule has 0 atom stereocenters. The van der Waals surface area contributed by atoms with E-state index in [-0.39, 0.29) is 0 Å². The molecule has 0 radical (unpaired) electrons. The third-order valence-corrected chi connectivity index (χ3v) is 3.29. The van der Waals surface area contributed by atoms with Crippen molar-refractivity contribution >= 4 is 42.0 Å². The average molecular weight is 358 g/mol. The number of hydrogen-bond acceptors (Lipinski definition) is 3. The van der Waals surface area contributed by atoms with Crippen LogP contribution < -0.4 is 4.18 Å². The summed E-state index contributed by atoms with van der Waals surface area (Å²) < 4.78 is 27.5. The molecule has 0 amide bonds. The summed E-state index contributed by atoms with van der Waals surface area (Å²) in [6.07, 6.45) is 1.83. The fourth-order valence-electron chi connectivity index (χ4n) is 1.07. The van der Waals surface area contributed by atoms with E-state index in [9.17, 15) is 8.42 Å². The Morgan fingerprint density at radius 1 is 1.40 bits per heavy atom. The van der Waals surface area contributed by atoms with E-state index in [1.54, 1.807) is 18.2 Å². The zero-order valence-electron chi connectivity index (χ0n) is 8.04. The van der Waals surface area contributed by atoms with Gasteiger partial charge < -0.3 is 4.18 Å². The lowest BCUT2D eigenvalue weighted by Gasteiger charge is -2.06. The fraction of sp³-hybridized carbons (Fsp3) is 0.333. The van der Waals surface area contributed by atoms with Crippen LogP contribution >= 0.6 is 31.9 Å². The Hall–Kier alpha value is -0.0700. The van der Waals surface area contributed by atoms with Crippen molar-refractivity contribution in [1.29, 1.82) is 0 Å². The first-order valence-corrected chi connectivity index (χ1v) is 7.89. The SMILES string of the molecule is CS(=O)(=O)Oc1ccc(Br)c(CCBr)c1. The molecule has 0 N–H and O–H groups in total. The highest BCUT2D eigenvalue weighted by Gasteiger charge is 2.07. The van der Waals surface area contributed by atoms with Crippen molar-refractivity contribution < 1.29 is 12.6 Å². The molecule has 15 heavy (non-hydrogen) atoms. The van der Waals surface area contributed by atoms with Crippen molar-refractivity contribution in [2.24, 2.45) is 0 Å². The zero-order valence-corrected chi connectivity index (χ0v) is 12.0. The molecule has 0 fully saturated rings. The number of rotatable bonds is 4. The summed E-state index contributed by atoms with van der Waals surface area (Å²) in [6.45, 7) is 0. The van der Waals surface area contributed by atoms with E-state index >= 15 is 0 Å². The molecule has 0 aliphatic carbocycles. The monoisotopic (exact) mass is 356 g/mol. The minimum atomic E-state index is -3.45. The quantitative estimate of drug-likeness (QED) is 0.614. The minimum absolute atomic E-state index is 0.344. The Labute approximate surface area is 106 Å². The molecule has 84 valence electrons. The van der Waals surface area contributed by atoms with E-state index in [4.69, 9.17) is 4.18 Å². The summed E-state index contributed by atoms with van der Waals surface area (Å²) in [6, 6.07) is 5.10. The van der Waals surface area contributed by atoms with Gasteiger partial charge in [-0.1, -0.05) is 31.9 Å². The summed E-state index contributed by atoms with van der Waals surface area (Å²) >= 11 is 6.71. The lowest BCUT2D eigenvalue weighted by Crippen LogP contribution is -2.06. The highest BCUT2D eigenvalue weighted by atomic mass is 79.9. The molecule has 6 heteroatoms. The lowest BCUT2D eigenvalue weighted by atomic mass is 10.2. The summed E-state index contributed by atoms with van der Waals surface area (Å²) in [5.41, 5.74) is 1.01. The molecule has 1 rings (SSSR count). The van der Waals surface area contributed by atoms with Crippen LogP contribution in [-0.4, -0.2) is 20.0 Å². The summed E-state index contributed by atoms with van der Waals surface area (Å²) in [5.74, 6) is 0.344. The van der Waals surface area contributed by atoms with Gasteiger partial charge in [-0.15, -0.1) is 0 Å². The van der Waals surface area contributed by atoms with Gasteiger partial charge in [-0.2, -0.15) is 8.42 Å². The van der Waals surface area contributed by atoms with Gasteiger partial charge in [-0.3, -0.25) is 0 Å². The second-order valence-corrected chi connectivity index (χ2v) is 6.20. The standard InChI is InChI=1S/C9H10Br2O3S/c1-15(12,13)14-8-2-3-9(11)7(6-8)4-5-10/h2-3,6H,4-5H2,1H3. The number of hydrogen-bond donors (Lipinski definition) is 0. The molecule has 0 saturated carbocycles. The van der Waals surface area contributed by atoms with Crippen LogP contribution in [0.15, 0.2) is 22.7 Å². The smallest absolute Gasteiger partial charge is 0.306 e. The predicted molar refractivity (Wildman–Crippen MR) is 67.1 cm³/mol. The second kappa shape index (κ2) is 5.32. The van der Waals surface area contributed by atoms with Crippen molar-refractivity contribution in [2.75, 3.05) is 11.6 Å². The highest BCUT2D eigenvalue weighted by molar-refractivity contribution is 9.10. The molecular weight excluding hydrogens is 348 g/mol. The van der Waals surface area contributed by atoms with E-state index in [1.165, 1.54) is 0 Å². The minimum Gasteiger partial charge on any atom is -0.383 e. The third kappa shape index (κ3) is 4.53. The number of halogens is 2. The van der Waals surface area contributed by atoms with Gasteiger partial charge in [-0.25, -0.2) is 0 Å². The normalized spacial score (nSPS) is 11.4. The Kier molecular flexibility index (Phi) is 4.61. The van der Waals surface area contributed by atoms with Crippen LogP contribution in [0.1, 0.15) is 5.56 Å². The van der Waals surface area contributed by atoms with Gasteiger partial charge >= 0.3 is 10.1 Å². The van der Waals surface area contributed by atoms with Gasteiger partial charge in [0.2, 0.25) is 0 Å². The van der Waals surface area contributed by atoms with E-state index in [0.717, 1.165) is 28.0 Å². The van der Waals surface area contributed by atoms with E-state index in [0.29, 0.717) is 5.75 Å². The molecule has 0 aromatic heterocycles. The molecule has 1 aromatic carbocycles. The van der Waals surface area contributed by atoms with Crippen LogP contribution in [0.25, 0.3) is 0 Å². The van der Waals surface area contributed by atoms with Gasteiger partial charge in [0.1, 0.15) is 5.75 Å². The van der Waals surface area contributed by atoms with Crippen LogP contribution in [-0.2, 0) is 16.5 Å². The van der Waals surface area contributed by atoms with Gasteiger partial charge in [-0.05, 0) is 30.2 Å². The first-order chi connectivity index (χ1) is 6.92. The largest absolute Gasteiger partial charge is 0.383 e. The van der Waals surface area contributed by atoms with Gasteiger partial charge in [0, 0.05) is 9.80 Å². The zero-order chi connectivity index (χ0) is 11.5. The van der Waals surface area contributed by atoms with E-state index in [2.05, 4.69) is 31.9 Å². The summed E-state index contributed by atoms with van der Waals surface area (Å²) in [4.78, 5) is 0. The Bertz CT molecular complexity index is 443. The maximum absolute atomic E-state index is 10.9. The molecular formula is C9H10Br2O3S. The van der Waals surface area contributed by atoms with Gasteiger partial charge in [0.15, 0.2) is 0 Å². The second-order valence-electron chi connectivity index (χ2n) is 2.98. The summed E-state index contributed by atoms with van der Waals surface area (Å²) in [5, 5.41) is 0.813. The Morgan fingerprint density at radius 2 is 2.07 bits per heavy atom. The molecule has 0 bridgehead atoms. The summed E-state index contributed by atoms with van der Waals surface area (Å²) in [7, 11) is -3.45. The van der Waals surface area contributed by atoms with Gasteiger partial charge in [0.25, 0.3) is 0 Å². The first-order valence-electron chi connectivity index (χ1n) is 4.16. The Morgan fingerprint density at radius 3 is 2.60 bits per heavy atom. The maximum atomic E-state index is 10.9. The number of benzene rings is 1. The molecule has 3 nitrogen and oxygen atoms in total. The molecule has 0 saturated heterocycles. The Balaban J connectivity index is 2.97. The first kappa shape index (κ1) is 13.0. The van der Waals surface area contributed by atoms with Crippen LogP contribution in [0.5, 0.6) is 5.75 Å². The van der Waals surface area contributed by atoms with Crippen molar-refractivity contribution in [3.8, 4) is 5.75 Å². The van der Waals surface area contributed by atoms with Crippen LogP contribution in [0.3, 0.4) is 0 Å². The fourth-order valence-corrected chi connectivity index (χ4v) is 2.40. The molecule has 0 spiro atoms. The van der Waals surface area contributed by atoms with Crippen molar-refractivity contribution in [1.82, 2.24) is 0 Å². The average Bonchev–Trinajstić information content (AvgIpc) is 2.09. The lowest BCUT2D eigenvalue weighted by molar-refractivity contribution is 0.492. The van der Waals surface area contributed by atoms with E-state index < -0.39 is 10.1 Å². The highest BCUT2D eigenvalue weighted by Crippen LogP contribution is 2.24. The van der Waals surface area contributed by atoms with Crippen LogP contribution in [0, 0.1) is 0 Å². The number of alkyl halides is 1. The van der Waals surface area contributed by atoms with Crippen LogP contribution in [0.4, 0.5) is 0 Å². The topological polar surface area (TPSA) is 43.4 Å². The molecule has 0 aliphatic heterocycles.